The first kappa shape index (κ1) is 21.4. The maximum atomic E-state index is 6.40. The average Bonchev–Trinajstić information content (AvgIpc) is 3.41. The normalized spacial score (nSPS) is 14.2. The Bertz CT molecular complexity index is 1780. The molecule has 0 saturated carbocycles. The van der Waals surface area contributed by atoms with Crippen LogP contribution in [0.2, 0.25) is 0 Å². The molecule has 0 fully saturated rings. The predicted molar refractivity (Wildman–Crippen MR) is 141 cm³/mol. The van der Waals surface area contributed by atoms with Crippen LogP contribution in [-0.2, 0) is 0 Å². The van der Waals surface area contributed by atoms with Crippen LogP contribution < -0.4 is 14.2 Å². The molecule has 7 nitrogen and oxygen atoms in total. The van der Waals surface area contributed by atoms with Gasteiger partial charge in [0.15, 0.2) is 11.5 Å². The number of aromatic nitrogens is 4. The molecule has 0 spiro atoms. The minimum absolute atomic E-state index is 0.167. The van der Waals surface area contributed by atoms with Crippen LogP contribution in [0.3, 0.4) is 0 Å². The Balaban J connectivity index is 1.49. The quantitative estimate of drug-likeness (QED) is 0.293. The molecule has 180 valence electrons. The number of fused-ring (bicyclic) bond motifs is 6. The van der Waals surface area contributed by atoms with Crippen LogP contribution in [0.5, 0.6) is 23.1 Å². The summed E-state index contributed by atoms with van der Waals surface area (Å²) in [6.07, 6.45) is 1.66. The van der Waals surface area contributed by atoms with Gasteiger partial charge in [0, 0.05) is 17.0 Å². The Labute approximate surface area is 212 Å². The summed E-state index contributed by atoms with van der Waals surface area (Å²) in [6, 6.07) is 28.3. The van der Waals surface area contributed by atoms with Crippen molar-refractivity contribution >= 4 is 16.4 Å². The van der Waals surface area contributed by atoms with Gasteiger partial charge in [0.1, 0.15) is 23.6 Å². The summed E-state index contributed by atoms with van der Waals surface area (Å²) in [5.41, 5.74) is 4.65. The van der Waals surface area contributed by atoms with Gasteiger partial charge in [0.05, 0.1) is 19.8 Å². The fourth-order valence-corrected chi connectivity index (χ4v) is 5.10. The van der Waals surface area contributed by atoms with Gasteiger partial charge >= 0.3 is 0 Å². The van der Waals surface area contributed by atoms with Crippen LogP contribution >= 0.6 is 0 Å². The lowest BCUT2D eigenvalue weighted by atomic mass is 9.81. The van der Waals surface area contributed by atoms with E-state index in [1.807, 2.05) is 48.5 Å². The van der Waals surface area contributed by atoms with Crippen molar-refractivity contribution in [2.45, 2.75) is 5.92 Å². The van der Waals surface area contributed by atoms with Crippen molar-refractivity contribution in [1.29, 1.82) is 0 Å². The Morgan fingerprint density at radius 3 is 2.27 bits per heavy atom. The monoisotopic (exact) mass is 486 g/mol. The second kappa shape index (κ2) is 8.34. The van der Waals surface area contributed by atoms with Crippen LogP contribution in [0.15, 0.2) is 91.3 Å². The van der Waals surface area contributed by atoms with Crippen LogP contribution in [0.4, 0.5) is 0 Å². The van der Waals surface area contributed by atoms with Crippen molar-refractivity contribution in [3.63, 3.8) is 0 Å². The van der Waals surface area contributed by atoms with E-state index < -0.39 is 0 Å². The molecule has 0 bridgehead atoms. The Hall–Kier alpha value is -4.91. The zero-order valence-electron chi connectivity index (χ0n) is 20.3. The van der Waals surface area contributed by atoms with E-state index in [1.165, 1.54) is 0 Å². The van der Waals surface area contributed by atoms with E-state index >= 15 is 0 Å². The molecule has 6 aromatic rings. The second-order valence-corrected chi connectivity index (χ2v) is 8.90. The van der Waals surface area contributed by atoms with Crippen molar-refractivity contribution in [2.75, 3.05) is 14.2 Å². The molecule has 0 aliphatic carbocycles. The zero-order chi connectivity index (χ0) is 24.9. The molecule has 1 aliphatic heterocycles. The van der Waals surface area contributed by atoms with Gasteiger partial charge in [-0.05, 0) is 58.8 Å². The van der Waals surface area contributed by atoms with Gasteiger partial charge < -0.3 is 14.2 Å². The number of methoxy groups -OCH3 is 2. The summed E-state index contributed by atoms with van der Waals surface area (Å²) in [7, 11) is 3.32. The van der Waals surface area contributed by atoms with Crippen LogP contribution in [0.1, 0.15) is 22.6 Å². The lowest BCUT2D eigenvalue weighted by Crippen LogP contribution is -2.15. The van der Waals surface area contributed by atoms with Crippen molar-refractivity contribution < 1.29 is 14.2 Å². The van der Waals surface area contributed by atoms with E-state index in [2.05, 4.69) is 41.4 Å². The summed E-state index contributed by atoms with van der Waals surface area (Å²) in [5, 5.41) is 7.02. The molecule has 0 radical (unpaired) electrons. The number of benzene rings is 4. The molecular weight excluding hydrogens is 464 g/mol. The number of nitrogens with zero attached hydrogens (tertiary/aromatic N) is 4. The first-order valence-electron chi connectivity index (χ1n) is 12.0. The number of hydrogen-bond donors (Lipinski definition) is 0. The van der Waals surface area contributed by atoms with E-state index in [0.29, 0.717) is 17.4 Å². The molecule has 7 rings (SSSR count). The van der Waals surface area contributed by atoms with Crippen LogP contribution in [0, 0.1) is 0 Å². The van der Waals surface area contributed by atoms with Gasteiger partial charge in [0.25, 0.3) is 0 Å². The Kier molecular flexibility index (Phi) is 4.82. The molecule has 2 aromatic heterocycles. The standard InChI is InChI=1S/C30H22N4O3/c1-35-21-12-7-19(8-13-21)25-26-23-6-4-3-5-18(23)11-16-24(26)37-30-27(25)29-32-28(33-34(29)17-31-30)20-9-14-22(36-2)15-10-20/h3-17,25H,1-2H3/t25-/m1/s1. The third-order valence-corrected chi connectivity index (χ3v) is 6.90. The zero-order valence-corrected chi connectivity index (χ0v) is 20.3. The summed E-state index contributed by atoms with van der Waals surface area (Å²) in [6.45, 7) is 0. The van der Waals surface area contributed by atoms with Crippen molar-refractivity contribution in [2.24, 2.45) is 0 Å². The Morgan fingerprint density at radius 2 is 1.51 bits per heavy atom. The predicted octanol–water partition coefficient (Wildman–Crippen LogP) is 6.25. The average molecular weight is 487 g/mol. The van der Waals surface area contributed by atoms with Gasteiger partial charge in [-0.3, -0.25) is 0 Å². The fourth-order valence-electron chi connectivity index (χ4n) is 5.10. The van der Waals surface area contributed by atoms with Crippen molar-refractivity contribution in [3.05, 3.63) is 108 Å². The lowest BCUT2D eigenvalue weighted by Gasteiger charge is -2.29. The van der Waals surface area contributed by atoms with Gasteiger partial charge in [-0.1, -0.05) is 42.5 Å². The molecule has 4 aromatic carbocycles. The fraction of sp³-hybridized carbons (Fsp3) is 0.100. The summed E-state index contributed by atoms with van der Waals surface area (Å²) in [5.74, 6) is 3.34. The van der Waals surface area contributed by atoms with E-state index in [-0.39, 0.29) is 5.92 Å². The number of rotatable bonds is 4. The molecule has 3 heterocycles. The molecule has 7 heteroatoms. The second-order valence-electron chi connectivity index (χ2n) is 8.90. The molecule has 37 heavy (non-hydrogen) atoms. The molecule has 0 saturated heterocycles. The largest absolute Gasteiger partial charge is 0.497 e. The van der Waals surface area contributed by atoms with Gasteiger partial charge in [-0.15, -0.1) is 5.10 Å². The molecule has 0 unspecified atom stereocenters. The van der Waals surface area contributed by atoms with Crippen molar-refractivity contribution in [1.82, 2.24) is 19.6 Å². The molecule has 1 aliphatic rings. The smallest absolute Gasteiger partial charge is 0.228 e. The maximum absolute atomic E-state index is 6.40. The molecule has 0 N–H and O–H groups in total. The maximum Gasteiger partial charge on any atom is 0.228 e. The van der Waals surface area contributed by atoms with Gasteiger partial charge in [-0.2, -0.15) is 0 Å². The van der Waals surface area contributed by atoms with Crippen LogP contribution in [-0.4, -0.2) is 33.8 Å². The van der Waals surface area contributed by atoms with Crippen LogP contribution in [0.25, 0.3) is 27.8 Å². The molecule has 1 atom stereocenters. The highest BCUT2D eigenvalue weighted by molar-refractivity contribution is 5.91. The number of ether oxygens (including phenoxy) is 3. The third kappa shape index (κ3) is 3.39. The van der Waals surface area contributed by atoms with E-state index in [0.717, 1.165) is 50.3 Å². The first-order valence-corrected chi connectivity index (χ1v) is 12.0. The molecular formula is C30H22N4O3. The van der Waals surface area contributed by atoms with E-state index in [4.69, 9.17) is 24.3 Å². The minimum Gasteiger partial charge on any atom is -0.497 e. The first-order chi connectivity index (χ1) is 18.2. The van der Waals surface area contributed by atoms with Crippen molar-refractivity contribution in [3.8, 4) is 34.5 Å². The van der Waals surface area contributed by atoms with Gasteiger partial charge in [0.2, 0.25) is 5.88 Å². The lowest BCUT2D eigenvalue weighted by molar-refractivity contribution is 0.414. The SMILES string of the molecule is COc1ccc(-c2nc3c4c(ncn3n2)Oc2ccc3ccccc3c2[C@H]4c2ccc(OC)cc2)cc1. The Morgan fingerprint density at radius 1 is 0.784 bits per heavy atom. The number of hydrogen-bond acceptors (Lipinski definition) is 6. The highest BCUT2D eigenvalue weighted by Crippen LogP contribution is 2.50. The highest BCUT2D eigenvalue weighted by atomic mass is 16.5. The third-order valence-electron chi connectivity index (χ3n) is 6.90. The minimum atomic E-state index is -0.167. The highest BCUT2D eigenvalue weighted by Gasteiger charge is 2.34. The summed E-state index contributed by atoms with van der Waals surface area (Å²) >= 11 is 0. The van der Waals surface area contributed by atoms with Gasteiger partial charge in [-0.25, -0.2) is 14.5 Å². The van der Waals surface area contributed by atoms with E-state index in [1.54, 1.807) is 25.1 Å². The summed E-state index contributed by atoms with van der Waals surface area (Å²) < 4.78 is 18.9. The summed E-state index contributed by atoms with van der Waals surface area (Å²) in [4.78, 5) is 9.64. The molecule has 0 amide bonds. The topological polar surface area (TPSA) is 70.8 Å². The van der Waals surface area contributed by atoms with E-state index in [9.17, 15) is 0 Å².